The van der Waals surface area contributed by atoms with Gasteiger partial charge in [-0.25, -0.2) is 9.78 Å². The van der Waals surface area contributed by atoms with Crippen LogP contribution >= 0.6 is 0 Å². The number of anilines is 2. The summed E-state index contributed by atoms with van der Waals surface area (Å²) in [5.74, 6) is 0.343. The van der Waals surface area contributed by atoms with Crippen molar-refractivity contribution in [1.82, 2.24) is 9.97 Å². The third-order valence-corrected chi connectivity index (χ3v) is 0.901. The fourth-order valence-electron chi connectivity index (χ4n) is 0.512. The average molecular weight is 142 g/mol. The molecule has 0 aliphatic carbocycles. The third-order valence-electron chi connectivity index (χ3n) is 0.901. The van der Waals surface area contributed by atoms with Crippen molar-refractivity contribution in [3.8, 4) is 0 Å². The maximum Gasteiger partial charge on any atom is 0.410 e. The lowest BCUT2D eigenvalue weighted by molar-refractivity contribution is 0.209. The van der Waals surface area contributed by atoms with E-state index in [0.29, 0.717) is 0 Å². The standard InChI is InChI=1S/C4H6N4O2/c5-2-3(7-1-6-2)8-4(9)10/h1,8H,5H2,(H,6,7)(H,9,10). The number of nitrogen functional groups attached to an aromatic ring is 1. The van der Waals surface area contributed by atoms with Crippen LogP contribution in [0.5, 0.6) is 0 Å². The van der Waals surface area contributed by atoms with Crippen LogP contribution in [0.1, 0.15) is 0 Å². The van der Waals surface area contributed by atoms with Crippen LogP contribution in [0.3, 0.4) is 0 Å². The molecule has 0 saturated carbocycles. The summed E-state index contributed by atoms with van der Waals surface area (Å²) in [6, 6.07) is 0. The number of imidazole rings is 1. The van der Waals surface area contributed by atoms with Crippen LogP contribution in [0.2, 0.25) is 0 Å². The highest BCUT2D eigenvalue weighted by Crippen LogP contribution is 2.09. The van der Waals surface area contributed by atoms with E-state index in [1.54, 1.807) is 0 Å². The molecule has 54 valence electrons. The first-order valence-corrected chi connectivity index (χ1v) is 2.49. The van der Waals surface area contributed by atoms with Crippen LogP contribution in [-0.4, -0.2) is 21.2 Å². The molecule has 0 radical (unpaired) electrons. The topological polar surface area (TPSA) is 104 Å². The minimum Gasteiger partial charge on any atom is -0.465 e. The quantitative estimate of drug-likeness (QED) is 0.445. The van der Waals surface area contributed by atoms with E-state index in [0.717, 1.165) is 0 Å². The van der Waals surface area contributed by atoms with E-state index < -0.39 is 6.09 Å². The highest BCUT2D eigenvalue weighted by molar-refractivity contribution is 5.84. The molecule has 0 bridgehead atoms. The van der Waals surface area contributed by atoms with Gasteiger partial charge in [0.1, 0.15) is 0 Å². The van der Waals surface area contributed by atoms with Gasteiger partial charge < -0.3 is 15.8 Å². The summed E-state index contributed by atoms with van der Waals surface area (Å²) in [4.78, 5) is 16.1. The van der Waals surface area contributed by atoms with Gasteiger partial charge in [-0.1, -0.05) is 0 Å². The van der Waals surface area contributed by atoms with E-state index in [1.165, 1.54) is 6.33 Å². The second-order valence-corrected chi connectivity index (χ2v) is 1.59. The molecule has 1 aromatic heterocycles. The molecule has 0 aliphatic rings. The minimum atomic E-state index is -1.17. The van der Waals surface area contributed by atoms with E-state index in [-0.39, 0.29) is 11.6 Å². The first-order valence-electron chi connectivity index (χ1n) is 2.49. The Morgan fingerprint density at radius 3 is 3.00 bits per heavy atom. The summed E-state index contributed by atoms with van der Waals surface area (Å²) >= 11 is 0. The molecular formula is C4H6N4O2. The fourth-order valence-corrected chi connectivity index (χ4v) is 0.512. The molecule has 5 N–H and O–H groups in total. The molecule has 0 atom stereocenters. The Morgan fingerprint density at radius 2 is 2.60 bits per heavy atom. The predicted octanol–water partition coefficient (Wildman–Crippen LogP) is 0.0818. The van der Waals surface area contributed by atoms with Gasteiger partial charge in [0.25, 0.3) is 0 Å². The Labute approximate surface area is 56.1 Å². The first kappa shape index (κ1) is 6.40. The molecule has 0 aromatic carbocycles. The minimum absolute atomic E-state index is 0.141. The summed E-state index contributed by atoms with van der Waals surface area (Å²) in [6.45, 7) is 0. The first-order chi connectivity index (χ1) is 4.70. The summed E-state index contributed by atoms with van der Waals surface area (Å²) in [5.41, 5.74) is 5.22. The zero-order valence-electron chi connectivity index (χ0n) is 4.96. The van der Waals surface area contributed by atoms with Gasteiger partial charge in [0.05, 0.1) is 6.33 Å². The molecule has 1 amide bonds. The van der Waals surface area contributed by atoms with Crippen molar-refractivity contribution in [2.24, 2.45) is 0 Å². The summed E-state index contributed by atoms with van der Waals surface area (Å²) in [5, 5.41) is 10.2. The van der Waals surface area contributed by atoms with Gasteiger partial charge in [-0.15, -0.1) is 0 Å². The number of aromatic nitrogens is 2. The number of hydrogen-bond donors (Lipinski definition) is 4. The van der Waals surface area contributed by atoms with Crippen molar-refractivity contribution in [3.63, 3.8) is 0 Å². The summed E-state index contributed by atoms with van der Waals surface area (Å²) in [6.07, 6.45) is 0.136. The van der Waals surface area contributed by atoms with E-state index in [1.807, 2.05) is 5.32 Å². The van der Waals surface area contributed by atoms with Crippen LogP contribution in [-0.2, 0) is 0 Å². The molecule has 0 aliphatic heterocycles. The number of amides is 1. The molecule has 1 heterocycles. The molecular weight excluding hydrogens is 136 g/mol. The van der Waals surface area contributed by atoms with Gasteiger partial charge in [-0.3, -0.25) is 5.32 Å². The summed E-state index contributed by atoms with van der Waals surface area (Å²) < 4.78 is 0. The average Bonchev–Trinajstić information content (AvgIpc) is 2.15. The van der Waals surface area contributed by atoms with E-state index >= 15 is 0 Å². The second kappa shape index (κ2) is 2.26. The molecule has 10 heavy (non-hydrogen) atoms. The molecule has 6 heteroatoms. The highest BCUT2D eigenvalue weighted by Gasteiger charge is 2.02. The predicted molar refractivity (Wildman–Crippen MR) is 34.6 cm³/mol. The SMILES string of the molecule is Nc1nc[nH]c1NC(=O)O. The van der Waals surface area contributed by atoms with Crippen molar-refractivity contribution < 1.29 is 9.90 Å². The lowest BCUT2D eigenvalue weighted by Gasteiger charge is -1.94. The van der Waals surface area contributed by atoms with Crippen LogP contribution in [0.4, 0.5) is 16.4 Å². The van der Waals surface area contributed by atoms with Crippen molar-refractivity contribution in [2.45, 2.75) is 0 Å². The smallest absolute Gasteiger partial charge is 0.410 e. The van der Waals surface area contributed by atoms with Crippen LogP contribution in [0, 0.1) is 0 Å². The van der Waals surface area contributed by atoms with Crippen LogP contribution in [0.15, 0.2) is 6.33 Å². The molecule has 0 unspecified atom stereocenters. The van der Waals surface area contributed by atoms with Gasteiger partial charge in [-0.2, -0.15) is 0 Å². The number of carboxylic acid groups (broad SMARTS) is 1. The monoisotopic (exact) mass is 142 g/mol. The van der Waals surface area contributed by atoms with Crippen molar-refractivity contribution >= 4 is 17.7 Å². The number of aromatic amines is 1. The number of rotatable bonds is 1. The highest BCUT2D eigenvalue weighted by atomic mass is 16.4. The Balaban J connectivity index is 2.74. The number of nitrogens with two attached hydrogens (primary N) is 1. The van der Waals surface area contributed by atoms with Crippen molar-refractivity contribution in [1.29, 1.82) is 0 Å². The Morgan fingerprint density at radius 1 is 1.90 bits per heavy atom. The molecule has 1 aromatic rings. The van der Waals surface area contributed by atoms with Gasteiger partial charge in [0, 0.05) is 0 Å². The maximum absolute atomic E-state index is 10.0. The zero-order valence-corrected chi connectivity index (χ0v) is 4.96. The van der Waals surface area contributed by atoms with Gasteiger partial charge >= 0.3 is 6.09 Å². The molecule has 0 spiro atoms. The Bertz CT molecular complexity index is 243. The number of nitrogens with zero attached hydrogens (tertiary/aromatic N) is 1. The number of hydrogen-bond acceptors (Lipinski definition) is 3. The van der Waals surface area contributed by atoms with E-state index in [4.69, 9.17) is 10.8 Å². The third kappa shape index (κ3) is 1.16. The van der Waals surface area contributed by atoms with Crippen molar-refractivity contribution in [3.05, 3.63) is 6.33 Å². The van der Waals surface area contributed by atoms with Crippen LogP contribution < -0.4 is 11.1 Å². The molecule has 6 nitrogen and oxygen atoms in total. The fraction of sp³-hybridized carbons (Fsp3) is 0. The van der Waals surface area contributed by atoms with Crippen molar-refractivity contribution in [2.75, 3.05) is 11.1 Å². The molecule has 1 rings (SSSR count). The second-order valence-electron chi connectivity index (χ2n) is 1.59. The number of H-pyrrole nitrogens is 1. The van der Waals surface area contributed by atoms with E-state index in [2.05, 4.69) is 9.97 Å². The van der Waals surface area contributed by atoms with Gasteiger partial charge in [0.2, 0.25) is 0 Å². The Hall–Kier alpha value is -1.72. The van der Waals surface area contributed by atoms with E-state index in [9.17, 15) is 4.79 Å². The summed E-state index contributed by atoms with van der Waals surface area (Å²) in [7, 11) is 0. The molecule has 0 fully saturated rings. The number of nitrogens with one attached hydrogen (secondary N) is 2. The maximum atomic E-state index is 10.0. The van der Waals surface area contributed by atoms with Crippen LogP contribution in [0.25, 0.3) is 0 Å². The molecule has 0 saturated heterocycles. The largest absolute Gasteiger partial charge is 0.465 e. The zero-order chi connectivity index (χ0) is 7.56. The number of carbonyl (C=O) groups is 1. The lowest BCUT2D eigenvalue weighted by Crippen LogP contribution is -2.08. The normalized spacial score (nSPS) is 9.20. The van der Waals surface area contributed by atoms with Gasteiger partial charge in [0.15, 0.2) is 11.6 Å². The van der Waals surface area contributed by atoms with Gasteiger partial charge in [-0.05, 0) is 0 Å². The Kier molecular flexibility index (Phi) is 1.44. The lowest BCUT2D eigenvalue weighted by atomic mass is 10.6.